The average molecular weight is 170 g/mol. The Bertz CT molecular complexity index is 183. The fourth-order valence-electron chi connectivity index (χ4n) is 0.983. The highest BCUT2D eigenvalue weighted by Gasteiger charge is 2.30. The fraction of sp³-hybridized carbons (Fsp3) is 0.750. The standard InChI is InChI=1S/2C4H7NO/c1-2-3-4(6)5-3;6-4-2-1-3-5-4/h3H,2H2,1H3,(H,5,6);1-3H2,(H,5,6). The molecule has 1 atom stereocenters. The Morgan fingerprint density at radius 2 is 2.17 bits per heavy atom. The lowest BCUT2D eigenvalue weighted by Gasteiger charge is -1.80. The van der Waals surface area contributed by atoms with Crippen LogP contribution in [0.4, 0.5) is 0 Å². The van der Waals surface area contributed by atoms with E-state index in [0.717, 1.165) is 25.8 Å². The Morgan fingerprint density at radius 1 is 1.50 bits per heavy atom. The molecule has 0 aromatic heterocycles. The van der Waals surface area contributed by atoms with E-state index in [1.165, 1.54) is 0 Å². The van der Waals surface area contributed by atoms with E-state index in [2.05, 4.69) is 10.6 Å². The Kier molecular flexibility index (Phi) is 3.08. The van der Waals surface area contributed by atoms with E-state index < -0.39 is 0 Å². The van der Waals surface area contributed by atoms with Crippen molar-refractivity contribution in [1.29, 1.82) is 0 Å². The molecule has 2 rings (SSSR count). The van der Waals surface area contributed by atoms with Gasteiger partial charge in [0.1, 0.15) is 6.04 Å². The molecule has 0 aromatic rings. The van der Waals surface area contributed by atoms with Crippen molar-refractivity contribution in [3.8, 4) is 0 Å². The summed E-state index contributed by atoms with van der Waals surface area (Å²) in [4.78, 5) is 20.1. The molecule has 2 N–H and O–H groups in total. The number of carbonyl (C=O) groups excluding carboxylic acids is 2. The average Bonchev–Trinajstić information content (AvgIpc) is 2.56. The van der Waals surface area contributed by atoms with Crippen LogP contribution in [0.15, 0.2) is 0 Å². The number of nitrogens with one attached hydrogen (secondary N) is 2. The number of amides is 2. The van der Waals surface area contributed by atoms with Gasteiger partial charge in [0.25, 0.3) is 0 Å². The van der Waals surface area contributed by atoms with Crippen LogP contribution >= 0.6 is 0 Å². The highest BCUT2D eigenvalue weighted by atomic mass is 16.2. The van der Waals surface area contributed by atoms with Crippen molar-refractivity contribution in [3.05, 3.63) is 0 Å². The van der Waals surface area contributed by atoms with Crippen molar-refractivity contribution >= 4 is 11.8 Å². The molecule has 0 radical (unpaired) electrons. The van der Waals surface area contributed by atoms with Gasteiger partial charge in [0.2, 0.25) is 11.8 Å². The fourth-order valence-corrected chi connectivity index (χ4v) is 0.983. The van der Waals surface area contributed by atoms with Gasteiger partial charge in [-0.05, 0) is 12.8 Å². The molecule has 12 heavy (non-hydrogen) atoms. The Morgan fingerprint density at radius 3 is 2.25 bits per heavy atom. The maximum atomic E-state index is 10.1. The molecule has 2 amide bonds. The van der Waals surface area contributed by atoms with E-state index in [1.807, 2.05) is 6.92 Å². The van der Waals surface area contributed by atoms with Crippen LogP contribution in [0.5, 0.6) is 0 Å². The molecule has 2 heterocycles. The summed E-state index contributed by atoms with van der Waals surface area (Å²) in [6, 6.07) is 0.213. The zero-order valence-electron chi connectivity index (χ0n) is 7.22. The Balaban J connectivity index is 0.000000120. The van der Waals surface area contributed by atoms with Gasteiger partial charge in [0.05, 0.1) is 0 Å². The van der Waals surface area contributed by atoms with Crippen molar-refractivity contribution in [3.63, 3.8) is 0 Å². The third kappa shape index (κ3) is 2.90. The van der Waals surface area contributed by atoms with Gasteiger partial charge in [-0.3, -0.25) is 9.59 Å². The second kappa shape index (κ2) is 4.09. The minimum Gasteiger partial charge on any atom is -0.356 e. The molecule has 2 aliphatic rings. The first-order chi connectivity index (χ1) is 5.74. The molecule has 0 bridgehead atoms. The smallest absolute Gasteiger partial charge is 0.243 e. The number of rotatable bonds is 1. The molecule has 0 aromatic carbocycles. The summed E-state index contributed by atoms with van der Waals surface area (Å²) >= 11 is 0. The van der Waals surface area contributed by atoms with E-state index in [9.17, 15) is 9.59 Å². The normalized spacial score (nSPS) is 25.2. The molecular weight excluding hydrogens is 156 g/mol. The minimum atomic E-state index is 0.204. The van der Waals surface area contributed by atoms with E-state index in [0.29, 0.717) is 0 Å². The lowest BCUT2D eigenvalue weighted by Crippen LogP contribution is -2.12. The second-order valence-corrected chi connectivity index (χ2v) is 2.92. The van der Waals surface area contributed by atoms with E-state index in [-0.39, 0.29) is 17.9 Å². The zero-order chi connectivity index (χ0) is 8.97. The summed E-state index contributed by atoms with van der Waals surface area (Å²) in [5.41, 5.74) is 0. The lowest BCUT2D eigenvalue weighted by atomic mass is 10.4. The Labute approximate surface area is 71.7 Å². The van der Waals surface area contributed by atoms with Gasteiger partial charge in [0, 0.05) is 13.0 Å². The van der Waals surface area contributed by atoms with Crippen LogP contribution in [0.1, 0.15) is 26.2 Å². The van der Waals surface area contributed by atoms with Gasteiger partial charge in [0.15, 0.2) is 0 Å². The van der Waals surface area contributed by atoms with E-state index >= 15 is 0 Å². The monoisotopic (exact) mass is 170 g/mol. The van der Waals surface area contributed by atoms with Crippen LogP contribution < -0.4 is 10.6 Å². The summed E-state index contributed by atoms with van der Waals surface area (Å²) in [6.07, 6.45) is 2.71. The molecule has 2 fully saturated rings. The van der Waals surface area contributed by atoms with Gasteiger partial charge >= 0.3 is 0 Å². The van der Waals surface area contributed by atoms with Crippen LogP contribution in [-0.4, -0.2) is 24.4 Å². The summed E-state index contributed by atoms with van der Waals surface area (Å²) in [5.74, 6) is 0.410. The number of carbonyl (C=O) groups is 2. The van der Waals surface area contributed by atoms with Crippen molar-refractivity contribution in [2.75, 3.05) is 6.54 Å². The Hall–Kier alpha value is -1.06. The predicted octanol–water partition coefficient (Wildman–Crippen LogP) is -0.209. The molecular formula is C8H14N2O2. The number of hydrogen-bond donors (Lipinski definition) is 2. The SMILES string of the molecule is CCC1NC1=O.O=C1CCCN1. The van der Waals surface area contributed by atoms with Crippen molar-refractivity contribution in [1.82, 2.24) is 10.6 Å². The summed E-state index contributed by atoms with van der Waals surface area (Å²) in [6.45, 7) is 2.88. The first kappa shape index (κ1) is 9.03. The van der Waals surface area contributed by atoms with Crippen molar-refractivity contribution in [2.45, 2.75) is 32.2 Å². The topological polar surface area (TPSA) is 68.1 Å². The molecule has 4 heteroatoms. The molecule has 1 unspecified atom stereocenters. The first-order valence-corrected chi connectivity index (χ1v) is 4.31. The largest absolute Gasteiger partial charge is 0.356 e. The van der Waals surface area contributed by atoms with Gasteiger partial charge in [-0.1, -0.05) is 6.92 Å². The van der Waals surface area contributed by atoms with Crippen LogP contribution in [0.3, 0.4) is 0 Å². The summed E-state index contributed by atoms with van der Waals surface area (Å²) in [7, 11) is 0. The summed E-state index contributed by atoms with van der Waals surface area (Å²) in [5, 5.41) is 5.32. The van der Waals surface area contributed by atoms with Crippen LogP contribution in [0, 0.1) is 0 Å². The van der Waals surface area contributed by atoms with Crippen molar-refractivity contribution < 1.29 is 9.59 Å². The van der Waals surface area contributed by atoms with Crippen LogP contribution in [0.25, 0.3) is 0 Å². The molecule has 2 aliphatic heterocycles. The number of hydrogen-bond acceptors (Lipinski definition) is 2. The molecule has 2 saturated heterocycles. The van der Waals surface area contributed by atoms with E-state index in [1.54, 1.807) is 0 Å². The van der Waals surface area contributed by atoms with Gasteiger partial charge in [-0.25, -0.2) is 0 Å². The molecule has 0 spiro atoms. The highest BCUT2D eigenvalue weighted by Crippen LogP contribution is 2.02. The summed E-state index contributed by atoms with van der Waals surface area (Å²) < 4.78 is 0. The quantitative estimate of drug-likeness (QED) is 0.535. The molecule has 4 nitrogen and oxygen atoms in total. The minimum absolute atomic E-state index is 0.204. The van der Waals surface area contributed by atoms with Crippen molar-refractivity contribution in [2.24, 2.45) is 0 Å². The molecule has 68 valence electrons. The zero-order valence-corrected chi connectivity index (χ0v) is 7.22. The van der Waals surface area contributed by atoms with Crippen LogP contribution in [-0.2, 0) is 9.59 Å². The maximum absolute atomic E-state index is 10.1. The molecule has 0 aliphatic carbocycles. The third-order valence-electron chi connectivity index (χ3n) is 1.86. The van der Waals surface area contributed by atoms with Gasteiger partial charge in [-0.2, -0.15) is 0 Å². The molecule has 0 saturated carbocycles. The maximum Gasteiger partial charge on any atom is 0.243 e. The highest BCUT2D eigenvalue weighted by molar-refractivity contribution is 5.96. The third-order valence-corrected chi connectivity index (χ3v) is 1.86. The van der Waals surface area contributed by atoms with E-state index in [4.69, 9.17) is 0 Å². The predicted molar refractivity (Wildman–Crippen MR) is 44.5 cm³/mol. The first-order valence-electron chi connectivity index (χ1n) is 4.31. The van der Waals surface area contributed by atoms with Gasteiger partial charge < -0.3 is 10.6 Å². The lowest BCUT2D eigenvalue weighted by molar-refractivity contribution is -0.119. The van der Waals surface area contributed by atoms with Gasteiger partial charge in [-0.15, -0.1) is 0 Å². The second-order valence-electron chi connectivity index (χ2n) is 2.92. The van der Waals surface area contributed by atoms with Crippen LogP contribution in [0.2, 0.25) is 0 Å².